The summed E-state index contributed by atoms with van der Waals surface area (Å²) in [5.74, 6) is 0.276. The fourth-order valence-corrected chi connectivity index (χ4v) is 3.26. The Morgan fingerprint density at radius 1 is 0.793 bits per heavy atom. The van der Waals surface area contributed by atoms with E-state index in [0.717, 1.165) is 5.56 Å². The van der Waals surface area contributed by atoms with Crippen LogP contribution in [-0.2, 0) is 12.8 Å². The van der Waals surface area contributed by atoms with Crippen LogP contribution in [0.1, 0.15) is 11.1 Å². The van der Waals surface area contributed by atoms with Crippen molar-refractivity contribution in [1.29, 1.82) is 0 Å². The molecule has 0 radical (unpaired) electrons. The largest absolute Gasteiger partial charge is 0.508 e. The highest BCUT2D eigenvalue weighted by molar-refractivity contribution is 5.83. The molecule has 0 aromatic heterocycles. The Bertz CT molecular complexity index is 1280. The van der Waals surface area contributed by atoms with Gasteiger partial charge in [0.05, 0.1) is 5.69 Å². The second-order valence-electron chi connectivity index (χ2n) is 6.79. The normalized spacial score (nSPS) is 10.9. The lowest BCUT2D eigenvalue weighted by molar-refractivity contribution is 0.454. The number of aromatic hydroxyl groups is 2. The number of phenols is 2. The van der Waals surface area contributed by atoms with Gasteiger partial charge in [0.25, 0.3) is 0 Å². The van der Waals surface area contributed by atoms with E-state index in [1.54, 1.807) is 42.5 Å². The molecule has 3 N–H and O–H groups in total. The molecule has 4 aromatic carbocycles. The van der Waals surface area contributed by atoms with Crippen molar-refractivity contribution < 1.29 is 10.2 Å². The highest BCUT2D eigenvalue weighted by atomic mass is 16.3. The highest BCUT2D eigenvalue weighted by Crippen LogP contribution is 2.23. The van der Waals surface area contributed by atoms with Gasteiger partial charge in [0, 0.05) is 10.8 Å². The first-order valence-electron chi connectivity index (χ1n) is 9.15. The van der Waals surface area contributed by atoms with Crippen LogP contribution in [0.3, 0.4) is 0 Å². The molecule has 4 rings (SSSR count). The van der Waals surface area contributed by atoms with Crippen LogP contribution in [0.5, 0.6) is 11.5 Å². The van der Waals surface area contributed by atoms with Gasteiger partial charge in [-0.1, -0.05) is 36.4 Å². The van der Waals surface area contributed by atoms with E-state index < -0.39 is 0 Å². The smallest absolute Gasteiger partial charge is 0.217 e. The van der Waals surface area contributed by atoms with Crippen molar-refractivity contribution in [2.24, 2.45) is 5.10 Å². The summed E-state index contributed by atoms with van der Waals surface area (Å²) in [6, 6.07) is 18.6. The van der Waals surface area contributed by atoms with Crippen LogP contribution in [-0.4, -0.2) is 10.2 Å². The van der Waals surface area contributed by atoms with Crippen LogP contribution >= 0.6 is 0 Å². The fourth-order valence-electron chi connectivity index (χ4n) is 3.26. The lowest BCUT2D eigenvalue weighted by atomic mass is 10.0. The van der Waals surface area contributed by atoms with Crippen molar-refractivity contribution in [2.45, 2.75) is 12.8 Å². The van der Waals surface area contributed by atoms with Crippen LogP contribution in [0, 0.1) is 0 Å². The van der Waals surface area contributed by atoms with E-state index in [0.29, 0.717) is 34.9 Å². The molecule has 0 spiro atoms. The third-order valence-corrected chi connectivity index (χ3v) is 4.84. The maximum atomic E-state index is 12.3. The molecule has 0 aliphatic carbocycles. The molecule has 0 saturated carbocycles. The van der Waals surface area contributed by atoms with Crippen LogP contribution < -0.4 is 21.6 Å². The van der Waals surface area contributed by atoms with E-state index in [-0.39, 0.29) is 27.7 Å². The average molecular weight is 386 g/mol. The molecule has 0 aliphatic rings. The van der Waals surface area contributed by atoms with E-state index in [4.69, 9.17) is 0 Å². The SMILES string of the molecule is O=c1c(=NNc2ccc(CCc3cc(O)ccc3O)cc2)c(=O)c2ccccc12. The Kier molecular flexibility index (Phi) is 4.83. The molecule has 0 aliphatic heterocycles. The van der Waals surface area contributed by atoms with E-state index in [1.165, 1.54) is 12.1 Å². The zero-order valence-electron chi connectivity index (χ0n) is 15.4. The maximum Gasteiger partial charge on any atom is 0.217 e. The van der Waals surface area contributed by atoms with Gasteiger partial charge < -0.3 is 10.2 Å². The molecule has 6 nitrogen and oxygen atoms in total. The number of anilines is 1. The van der Waals surface area contributed by atoms with Crippen molar-refractivity contribution in [3.05, 3.63) is 104 Å². The Hall–Kier alpha value is -3.93. The second-order valence-corrected chi connectivity index (χ2v) is 6.79. The van der Waals surface area contributed by atoms with Crippen LogP contribution in [0.2, 0.25) is 0 Å². The Balaban J connectivity index is 1.49. The zero-order chi connectivity index (χ0) is 20.4. The number of aryl methyl sites for hydroxylation is 2. The molecule has 0 fully saturated rings. The zero-order valence-corrected chi connectivity index (χ0v) is 15.4. The van der Waals surface area contributed by atoms with E-state index >= 15 is 0 Å². The molecule has 0 amide bonds. The third-order valence-electron chi connectivity index (χ3n) is 4.84. The molecule has 0 heterocycles. The number of fused-ring (bicyclic) bond motifs is 1. The molecule has 0 unspecified atom stereocenters. The predicted octanol–water partition coefficient (Wildman–Crippen LogP) is 2.56. The average Bonchev–Trinajstić information content (AvgIpc) is 2.98. The van der Waals surface area contributed by atoms with E-state index in [9.17, 15) is 19.8 Å². The van der Waals surface area contributed by atoms with Crippen LogP contribution in [0.15, 0.2) is 81.4 Å². The standard InChI is InChI=1S/C23H18N2O4/c26-17-11-12-20(27)15(13-17)8-5-14-6-9-16(10-7-14)24-25-21-22(28)18-3-1-2-4-19(18)23(21)29/h1-4,6-7,9-13,24,26-27H,5,8H2. The molecule has 4 aromatic rings. The summed E-state index contributed by atoms with van der Waals surface area (Å²) in [6.07, 6.45) is 1.26. The fraction of sp³-hybridized carbons (Fsp3) is 0.0870. The van der Waals surface area contributed by atoms with Gasteiger partial charge in [-0.25, -0.2) is 0 Å². The number of nitrogens with zero attached hydrogens (tertiary/aromatic N) is 1. The molecule has 0 bridgehead atoms. The summed E-state index contributed by atoms with van der Waals surface area (Å²) < 4.78 is 0. The molecule has 6 heteroatoms. The highest BCUT2D eigenvalue weighted by Gasteiger charge is 2.09. The monoisotopic (exact) mass is 386 g/mol. The maximum absolute atomic E-state index is 12.3. The molecule has 144 valence electrons. The molecule has 0 saturated heterocycles. The minimum absolute atomic E-state index is 0.116. The Morgan fingerprint density at radius 2 is 1.45 bits per heavy atom. The van der Waals surface area contributed by atoms with Crippen LogP contribution in [0.25, 0.3) is 10.8 Å². The van der Waals surface area contributed by atoms with Gasteiger partial charge in [-0.15, -0.1) is 0 Å². The van der Waals surface area contributed by atoms with E-state index in [2.05, 4.69) is 10.5 Å². The summed E-state index contributed by atoms with van der Waals surface area (Å²) in [7, 11) is 0. The van der Waals surface area contributed by atoms with Crippen molar-refractivity contribution in [2.75, 3.05) is 5.43 Å². The van der Waals surface area contributed by atoms with Gasteiger partial charge in [0.15, 0.2) is 5.36 Å². The van der Waals surface area contributed by atoms with Crippen molar-refractivity contribution in [1.82, 2.24) is 0 Å². The third kappa shape index (κ3) is 3.73. The van der Waals surface area contributed by atoms with Crippen molar-refractivity contribution >= 4 is 16.5 Å². The lowest BCUT2D eigenvalue weighted by Gasteiger charge is -2.06. The summed E-state index contributed by atoms with van der Waals surface area (Å²) in [6.45, 7) is 0. The summed E-state index contributed by atoms with van der Waals surface area (Å²) in [4.78, 5) is 24.6. The van der Waals surface area contributed by atoms with E-state index in [1.807, 2.05) is 12.1 Å². The molecule has 29 heavy (non-hydrogen) atoms. The van der Waals surface area contributed by atoms with Gasteiger partial charge in [0.1, 0.15) is 11.5 Å². The summed E-state index contributed by atoms with van der Waals surface area (Å²) >= 11 is 0. The molecular formula is C23H18N2O4. The predicted molar refractivity (Wildman–Crippen MR) is 112 cm³/mol. The minimum atomic E-state index is -0.374. The van der Waals surface area contributed by atoms with Gasteiger partial charge in [-0.3, -0.25) is 15.0 Å². The van der Waals surface area contributed by atoms with Crippen molar-refractivity contribution in [3.63, 3.8) is 0 Å². The number of hydrogen-bond acceptors (Lipinski definition) is 6. The van der Waals surface area contributed by atoms with Gasteiger partial charge in [-0.2, -0.15) is 5.10 Å². The number of rotatable bonds is 5. The summed E-state index contributed by atoms with van der Waals surface area (Å²) in [5, 5.41) is 24.0. The van der Waals surface area contributed by atoms with Crippen LogP contribution in [0.4, 0.5) is 5.69 Å². The first-order valence-corrected chi connectivity index (χ1v) is 9.15. The van der Waals surface area contributed by atoms with Gasteiger partial charge in [0.2, 0.25) is 10.9 Å². The Morgan fingerprint density at radius 3 is 2.10 bits per heavy atom. The second kappa shape index (κ2) is 7.59. The quantitative estimate of drug-likeness (QED) is 0.362. The number of hydrogen-bond donors (Lipinski definition) is 3. The lowest BCUT2D eigenvalue weighted by Crippen LogP contribution is -2.32. The number of benzene rings is 3. The minimum Gasteiger partial charge on any atom is -0.508 e. The number of phenolic OH excluding ortho intramolecular Hbond substituents is 2. The summed E-state index contributed by atoms with van der Waals surface area (Å²) in [5.41, 5.74) is 4.39. The van der Waals surface area contributed by atoms with Gasteiger partial charge >= 0.3 is 0 Å². The van der Waals surface area contributed by atoms with Crippen molar-refractivity contribution in [3.8, 4) is 11.5 Å². The molecular weight excluding hydrogens is 368 g/mol. The topological polar surface area (TPSA) is 99.0 Å². The first kappa shape index (κ1) is 18.4. The Labute approximate surface area is 165 Å². The van der Waals surface area contributed by atoms with Gasteiger partial charge in [-0.05, 0) is 54.3 Å². The molecule has 0 atom stereocenters. The first-order chi connectivity index (χ1) is 14.0. The number of nitrogens with one attached hydrogen (secondary N) is 1.